The summed E-state index contributed by atoms with van der Waals surface area (Å²) in [5.41, 5.74) is 21.5. The van der Waals surface area contributed by atoms with Crippen LogP contribution in [0.2, 0.25) is 5.02 Å². The van der Waals surface area contributed by atoms with E-state index in [0.717, 1.165) is 22.0 Å². The molecule has 0 aliphatic heterocycles. The van der Waals surface area contributed by atoms with Crippen LogP contribution in [0.1, 0.15) is 16.1 Å². The number of hydrogen-bond donors (Lipinski definition) is 4. The average Bonchev–Trinajstić information content (AvgIpc) is 3.13. The van der Waals surface area contributed by atoms with Gasteiger partial charge in [-0.05, 0) is 30.7 Å². The number of aromatic amines is 1. The van der Waals surface area contributed by atoms with E-state index >= 15 is 0 Å². The maximum Gasteiger partial charge on any atom is 0.269 e. The molecule has 0 fully saturated rings. The number of hydrogen-bond acceptors (Lipinski definition) is 6. The number of anilines is 2. The molecule has 7 N–H and O–H groups in total. The van der Waals surface area contributed by atoms with Gasteiger partial charge in [0.2, 0.25) is 0 Å². The van der Waals surface area contributed by atoms with Gasteiger partial charge >= 0.3 is 0 Å². The fourth-order valence-corrected chi connectivity index (χ4v) is 3.32. The number of nitrogens with two attached hydrogens (primary N) is 3. The molecule has 0 unspecified atom stereocenters. The first-order valence-corrected chi connectivity index (χ1v) is 8.71. The zero-order valence-electron chi connectivity index (χ0n) is 14.8. The Balaban J connectivity index is 2.09. The zero-order valence-corrected chi connectivity index (χ0v) is 15.6. The van der Waals surface area contributed by atoms with Gasteiger partial charge in [0.1, 0.15) is 0 Å². The fraction of sp³-hybridized carbons (Fsp3) is 0.0526. The quantitative estimate of drug-likeness (QED) is 0.393. The first kappa shape index (κ1) is 17.7. The molecule has 2 aromatic carbocycles. The van der Waals surface area contributed by atoms with Crippen molar-refractivity contribution in [1.29, 1.82) is 0 Å². The highest BCUT2D eigenvalue weighted by molar-refractivity contribution is 6.33. The molecular weight excluding hydrogens is 378 g/mol. The Labute approximate surface area is 164 Å². The van der Waals surface area contributed by atoms with E-state index in [4.69, 9.17) is 28.8 Å². The molecule has 4 rings (SSSR count). The third-order valence-corrected chi connectivity index (χ3v) is 4.87. The molecule has 4 aromatic rings. The molecule has 0 radical (unpaired) electrons. The summed E-state index contributed by atoms with van der Waals surface area (Å²) in [4.78, 5) is 20.9. The van der Waals surface area contributed by atoms with Crippen LogP contribution in [0, 0.1) is 6.92 Å². The Morgan fingerprint density at radius 3 is 2.64 bits per heavy atom. The largest absolute Gasteiger partial charge is 0.397 e. The molecule has 140 valence electrons. The van der Waals surface area contributed by atoms with Crippen molar-refractivity contribution < 1.29 is 4.79 Å². The molecule has 2 heterocycles. The maximum absolute atomic E-state index is 12.0. The summed E-state index contributed by atoms with van der Waals surface area (Å²) in [7, 11) is 0. The first-order chi connectivity index (χ1) is 13.4. The lowest BCUT2D eigenvalue weighted by atomic mass is 9.99. The Morgan fingerprint density at radius 2 is 1.89 bits per heavy atom. The fourth-order valence-electron chi connectivity index (χ4n) is 3.14. The molecule has 0 spiro atoms. The number of halogens is 1. The Bertz CT molecular complexity index is 1250. The van der Waals surface area contributed by atoms with E-state index in [9.17, 15) is 4.79 Å². The smallest absolute Gasteiger partial charge is 0.269 e. The number of aryl methyl sites for hydroxylation is 1. The SMILES string of the molecule is Cc1ccc2[nH]ncc2c1-c1nc(-c2cccc(Cl)c2N)nc(C(N)=O)c1N. The number of nitrogens with zero attached hydrogens (tertiary/aromatic N) is 3. The van der Waals surface area contributed by atoms with Crippen molar-refractivity contribution in [3.8, 4) is 22.6 Å². The van der Waals surface area contributed by atoms with E-state index in [1.807, 2.05) is 19.1 Å². The van der Waals surface area contributed by atoms with E-state index in [1.54, 1.807) is 24.4 Å². The van der Waals surface area contributed by atoms with Crippen molar-refractivity contribution in [2.45, 2.75) is 6.92 Å². The van der Waals surface area contributed by atoms with E-state index in [1.165, 1.54) is 0 Å². The summed E-state index contributed by atoms with van der Waals surface area (Å²) >= 11 is 6.13. The van der Waals surface area contributed by atoms with Gasteiger partial charge in [-0.25, -0.2) is 9.97 Å². The van der Waals surface area contributed by atoms with Crippen molar-refractivity contribution in [1.82, 2.24) is 20.2 Å². The van der Waals surface area contributed by atoms with Crippen LogP contribution in [0.4, 0.5) is 11.4 Å². The number of nitrogen functional groups attached to an aromatic ring is 2. The lowest BCUT2D eigenvalue weighted by molar-refractivity contribution is 0.0996. The predicted octanol–water partition coefficient (Wildman–Crippen LogP) is 2.91. The van der Waals surface area contributed by atoms with Crippen molar-refractivity contribution in [2.24, 2.45) is 5.73 Å². The number of amides is 1. The van der Waals surface area contributed by atoms with Crippen LogP contribution < -0.4 is 17.2 Å². The van der Waals surface area contributed by atoms with Crippen molar-refractivity contribution in [2.75, 3.05) is 11.5 Å². The number of fused-ring (bicyclic) bond motifs is 1. The van der Waals surface area contributed by atoms with Crippen LogP contribution >= 0.6 is 11.6 Å². The second kappa shape index (κ2) is 6.50. The van der Waals surface area contributed by atoms with E-state index in [0.29, 0.717) is 22.0 Å². The summed E-state index contributed by atoms with van der Waals surface area (Å²) in [5.74, 6) is -0.557. The minimum absolute atomic E-state index is 0.0840. The number of H-pyrrole nitrogens is 1. The number of benzene rings is 2. The van der Waals surface area contributed by atoms with Gasteiger partial charge in [0.05, 0.1) is 33.8 Å². The summed E-state index contributed by atoms with van der Waals surface area (Å²) in [6, 6.07) is 8.91. The molecule has 0 aliphatic carbocycles. The summed E-state index contributed by atoms with van der Waals surface area (Å²) in [6.07, 6.45) is 1.68. The van der Waals surface area contributed by atoms with Crippen molar-refractivity contribution >= 4 is 39.8 Å². The molecule has 0 atom stereocenters. The highest BCUT2D eigenvalue weighted by Crippen LogP contribution is 2.37. The zero-order chi connectivity index (χ0) is 20.0. The van der Waals surface area contributed by atoms with Gasteiger partial charge in [-0.15, -0.1) is 0 Å². The normalized spacial score (nSPS) is 11.1. The molecular formula is C19H16ClN7O. The van der Waals surface area contributed by atoms with Gasteiger partial charge in [0.25, 0.3) is 5.91 Å². The highest BCUT2D eigenvalue weighted by Gasteiger charge is 2.22. The molecule has 1 amide bonds. The molecule has 0 aliphatic rings. The van der Waals surface area contributed by atoms with Crippen LogP contribution in [-0.4, -0.2) is 26.1 Å². The molecule has 8 nitrogen and oxygen atoms in total. The maximum atomic E-state index is 12.0. The third-order valence-electron chi connectivity index (χ3n) is 4.54. The number of primary amides is 1. The van der Waals surface area contributed by atoms with Crippen LogP contribution in [0.15, 0.2) is 36.5 Å². The van der Waals surface area contributed by atoms with Gasteiger partial charge in [0, 0.05) is 16.5 Å². The van der Waals surface area contributed by atoms with E-state index in [2.05, 4.69) is 20.2 Å². The molecule has 9 heteroatoms. The van der Waals surface area contributed by atoms with E-state index < -0.39 is 5.91 Å². The molecule has 2 aromatic heterocycles. The number of para-hydroxylation sites is 1. The molecule has 0 saturated carbocycles. The Hall–Kier alpha value is -3.65. The minimum Gasteiger partial charge on any atom is -0.397 e. The van der Waals surface area contributed by atoms with Gasteiger partial charge < -0.3 is 17.2 Å². The second-order valence-electron chi connectivity index (χ2n) is 6.31. The number of carbonyl (C=O) groups excluding carboxylic acids is 1. The number of aromatic nitrogens is 4. The minimum atomic E-state index is -0.764. The average molecular weight is 394 g/mol. The van der Waals surface area contributed by atoms with Crippen LogP contribution in [0.5, 0.6) is 0 Å². The third kappa shape index (κ3) is 2.71. The lowest BCUT2D eigenvalue weighted by Crippen LogP contribution is -2.18. The highest BCUT2D eigenvalue weighted by atomic mass is 35.5. The topological polar surface area (TPSA) is 150 Å². The van der Waals surface area contributed by atoms with Crippen molar-refractivity contribution in [3.63, 3.8) is 0 Å². The lowest BCUT2D eigenvalue weighted by Gasteiger charge is -2.14. The summed E-state index contributed by atoms with van der Waals surface area (Å²) in [6.45, 7) is 1.92. The van der Waals surface area contributed by atoms with Crippen LogP contribution in [0.25, 0.3) is 33.5 Å². The molecule has 0 saturated heterocycles. The number of rotatable bonds is 3. The van der Waals surface area contributed by atoms with Crippen LogP contribution in [0.3, 0.4) is 0 Å². The van der Waals surface area contributed by atoms with Crippen molar-refractivity contribution in [3.05, 3.63) is 52.8 Å². The monoisotopic (exact) mass is 393 g/mol. The first-order valence-electron chi connectivity index (χ1n) is 8.33. The molecule has 28 heavy (non-hydrogen) atoms. The molecule has 0 bridgehead atoms. The summed E-state index contributed by atoms with van der Waals surface area (Å²) in [5, 5.41) is 8.16. The van der Waals surface area contributed by atoms with Gasteiger partial charge in [0.15, 0.2) is 11.5 Å². The summed E-state index contributed by atoms with van der Waals surface area (Å²) < 4.78 is 0. The Kier molecular flexibility index (Phi) is 4.12. The standard InChI is InChI=1S/C19H16ClN7O/c1-8-5-6-12-10(7-24-27-12)13(8)16-15(22)17(18(23)28)26-19(25-16)9-3-2-4-11(20)14(9)21/h2-7H,21-22H2,1H3,(H2,23,28)(H,24,27). The number of nitrogens with one attached hydrogen (secondary N) is 1. The van der Waals surface area contributed by atoms with Gasteiger partial charge in [-0.2, -0.15) is 5.10 Å². The second-order valence-corrected chi connectivity index (χ2v) is 6.72. The van der Waals surface area contributed by atoms with Gasteiger partial charge in [-0.1, -0.05) is 23.7 Å². The van der Waals surface area contributed by atoms with Gasteiger partial charge in [-0.3, -0.25) is 9.89 Å². The van der Waals surface area contributed by atoms with E-state index in [-0.39, 0.29) is 17.2 Å². The van der Waals surface area contributed by atoms with Crippen LogP contribution in [-0.2, 0) is 0 Å². The Morgan fingerprint density at radius 1 is 1.11 bits per heavy atom. The predicted molar refractivity (Wildman–Crippen MR) is 110 cm³/mol. The number of carbonyl (C=O) groups is 1.